The Morgan fingerprint density at radius 3 is 2.05 bits per heavy atom. The number of ether oxygens (including phenoxy) is 1. The van der Waals surface area contributed by atoms with Crippen molar-refractivity contribution in [2.45, 2.75) is 13.0 Å². The molecule has 0 aliphatic rings. The average molecular weight is 298 g/mol. The van der Waals surface area contributed by atoms with Gasteiger partial charge in [-0.2, -0.15) is 0 Å². The SMILES string of the molecule is OCCC(CO)C(CO)C(CO)COCc1ccccc1. The first-order valence-electron chi connectivity index (χ1n) is 7.31. The molecule has 0 aliphatic heterocycles. The first-order valence-corrected chi connectivity index (χ1v) is 7.31. The van der Waals surface area contributed by atoms with Gasteiger partial charge in [-0.1, -0.05) is 30.3 Å². The molecular weight excluding hydrogens is 272 g/mol. The fourth-order valence-corrected chi connectivity index (χ4v) is 2.50. The van der Waals surface area contributed by atoms with Crippen LogP contribution in [-0.4, -0.2) is 53.5 Å². The minimum atomic E-state index is -0.289. The predicted octanol–water partition coefficient (Wildman–Crippen LogP) is 0.411. The molecule has 0 bridgehead atoms. The van der Waals surface area contributed by atoms with Gasteiger partial charge < -0.3 is 25.2 Å². The lowest BCUT2D eigenvalue weighted by Crippen LogP contribution is -2.34. The Kier molecular flexibility index (Phi) is 9.21. The summed E-state index contributed by atoms with van der Waals surface area (Å²) in [5.41, 5.74) is 1.05. The maximum atomic E-state index is 9.51. The minimum Gasteiger partial charge on any atom is -0.396 e. The molecule has 3 atom stereocenters. The zero-order valence-corrected chi connectivity index (χ0v) is 12.3. The van der Waals surface area contributed by atoms with E-state index in [9.17, 15) is 15.3 Å². The highest BCUT2D eigenvalue weighted by atomic mass is 16.5. The van der Waals surface area contributed by atoms with E-state index in [1.165, 1.54) is 0 Å². The molecule has 4 N–H and O–H groups in total. The van der Waals surface area contributed by atoms with Crippen molar-refractivity contribution in [2.75, 3.05) is 33.0 Å². The molecule has 120 valence electrons. The van der Waals surface area contributed by atoms with E-state index < -0.39 is 0 Å². The summed E-state index contributed by atoms with van der Waals surface area (Å²) in [6.45, 7) is 0.302. The second-order valence-corrected chi connectivity index (χ2v) is 5.24. The average Bonchev–Trinajstić information content (AvgIpc) is 2.53. The number of benzene rings is 1. The summed E-state index contributed by atoms with van der Waals surface area (Å²) in [5.74, 6) is -0.789. The quantitative estimate of drug-likeness (QED) is 0.475. The highest BCUT2D eigenvalue weighted by molar-refractivity contribution is 5.13. The van der Waals surface area contributed by atoms with Gasteiger partial charge in [-0.3, -0.25) is 0 Å². The zero-order valence-electron chi connectivity index (χ0n) is 12.3. The van der Waals surface area contributed by atoms with E-state index in [4.69, 9.17) is 9.84 Å². The summed E-state index contributed by atoms with van der Waals surface area (Å²) in [7, 11) is 0. The highest BCUT2D eigenvalue weighted by Crippen LogP contribution is 2.24. The van der Waals surface area contributed by atoms with Crippen LogP contribution in [0, 0.1) is 17.8 Å². The van der Waals surface area contributed by atoms with Crippen molar-refractivity contribution in [3.63, 3.8) is 0 Å². The molecule has 5 nitrogen and oxygen atoms in total. The van der Waals surface area contributed by atoms with Gasteiger partial charge in [0.15, 0.2) is 0 Å². The normalized spacial score (nSPS) is 15.6. The molecular formula is C16H26O5. The van der Waals surface area contributed by atoms with Crippen LogP contribution < -0.4 is 0 Å². The van der Waals surface area contributed by atoms with Gasteiger partial charge in [-0.15, -0.1) is 0 Å². The van der Waals surface area contributed by atoms with E-state index in [1.807, 2.05) is 30.3 Å². The number of rotatable bonds is 11. The molecule has 0 heterocycles. The van der Waals surface area contributed by atoms with Gasteiger partial charge in [-0.05, 0) is 23.8 Å². The van der Waals surface area contributed by atoms with Crippen molar-refractivity contribution in [3.8, 4) is 0 Å². The van der Waals surface area contributed by atoms with E-state index in [0.29, 0.717) is 19.6 Å². The van der Waals surface area contributed by atoms with Crippen LogP contribution in [0.3, 0.4) is 0 Å². The molecule has 0 spiro atoms. The second kappa shape index (κ2) is 10.7. The highest BCUT2D eigenvalue weighted by Gasteiger charge is 2.28. The maximum Gasteiger partial charge on any atom is 0.0717 e. The number of hydrogen-bond donors (Lipinski definition) is 4. The summed E-state index contributed by atoms with van der Waals surface area (Å²) < 4.78 is 5.61. The van der Waals surface area contributed by atoms with E-state index in [2.05, 4.69) is 0 Å². The smallest absolute Gasteiger partial charge is 0.0717 e. The summed E-state index contributed by atoms with van der Waals surface area (Å²) in [4.78, 5) is 0. The summed E-state index contributed by atoms with van der Waals surface area (Å²) >= 11 is 0. The standard InChI is InChI=1S/C16H26O5/c17-7-6-14(8-18)16(10-20)15(9-19)12-21-11-13-4-2-1-3-5-13/h1-5,14-20H,6-12H2. The minimum absolute atomic E-state index is 0.0508. The number of hydrogen-bond acceptors (Lipinski definition) is 5. The first-order chi connectivity index (χ1) is 10.3. The van der Waals surface area contributed by atoms with Crippen LogP contribution in [0.2, 0.25) is 0 Å². The molecule has 1 aromatic carbocycles. The van der Waals surface area contributed by atoms with Gasteiger partial charge in [0.25, 0.3) is 0 Å². The van der Waals surface area contributed by atoms with Crippen LogP contribution in [0.5, 0.6) is 0 Å². The topological polar surface area (TPSA) is 90.2 Å². The Morgan fingerprint density at radius 2 is 1.52 bits per heavy atom. The summed E-state index contributed by atoms with van der Waals surface area (Å²) in [6.07, 6.45) is 0.400. The molecule has 1 rings (SSSR count). The number of aliphatic hydroxyl groups is 4. The molecule has 0 saturated heterocycles. The summed E-state index contributed by atoms with van der Waals surface area (Å²) in [6, 6.07) is 9.71. The Balaban J connectivity index is 2.51. The molecule has 0 fully saturated rings. The van der Waals surface area contributed by atoms with Crippen LogP contribution >= 0.6 is 0 Å². The molecule has 0 amide bonds. The van der Waals surface area contributed by atoms with Crippen LogP contribution in [0.1, 0.15) is 12.0 Å². The Bertz CT molecular complexity index is 357. The van der Waals surface area contributed by atoms with Gasteiger partial charge in [-0.25, -0.2) is 0 Å². The van der Waals surface area contributed by atoms with Crippen molar-refractivity contribution < 1.29 is 25.2 Å². The van der Waals surface area contributed by atoms with Crippen molar-refractivity contribution in [3.05, 3.63) is 35.9 Å². The van der Waals surface area contributed by atoms with Gasteiger partial charge in [0.1, 0.15) is 0 Å². The lowest BCUT2D eigenvalue weighted by molar-refractivity contribution is -0.0117. The molecule has 1 aromatic rings. The number of aliphatic hydroxyl groups excluding tert-OH is 4. The lowest BCUT2D eigenvalue weighted by Gasteiger charge is -2.30. The van der Waals surface area contributed by atoms with Gasteiger partial charge >= 0.3 is 0 Å². The van der Waals surface area contributed by atoms with Gasteiger partial charge in [0, 0.05) is 32.3 Å². The van der Waals surface area contributed by atoms with Gasteiger partial charge in [0.05, 0.1) is 13.2 Å². The summed E-state index contributed by atoms with van der Waals surface area (Å²) in [5, 5.41) is 37.4. The molecule has 0 saturated carbocycles. The van der Waals surface area contributed by atoms with Crippen LogP contribution in [0.4, 0.5) is 0 Å². The molecule has 0 aromatic heterocycles. The fourth-order valence-electron chi connectivity index (χ4n) is 2.50. The Morgan fingerprint density at radius 1 is 0.857 bits per heavy atom. The zero-order chi connectivity index (χ0) is 15.5. The third kappa shape index (κ3) is 6.11. The molecule has 0 aliphatic carbocycles. The molecule has 0 radical (unpaired) electrons. The first kappa shape index (κ1) is 18.1. The Hall–Kier alpha value is -0.980. The largest absolute Gasteiger partial charge is 0.396 e. The van der Waals surface area contributed by atoms with E-state index in [-0.39, 0.29) is 44.2 Å². The fraction of sp³-hybridized carbons (Fsp3) is 0.625. The van der Waals surface area contributed by atoms with Gasteiger partial charge in [0.2, 0.25) is 0 Å². The third-order valence-electron chi connectivity index (χ3n) is 3.83. The maximum absolute atomic E-state index is 9.51. The predicted molar refractivity (Wildman–Crippen MR) is 79.5 cm³/mol. The molecule has 21 heavy (non-hydrogen) atoms. The molecule has 3 unspecified atom stereocenters. The second-order valence-electron chi connectivity index (χ2n) is 5.24. The van der Waals surface area contributed by atoms with Crippen molar-refractivity contribution >= 4 is 0 Å². The van der Waals surface area contributed by atoms with E-state index in [1.54, 1.807) is 0 Å². The van der Waals surface area contributed by atoms with Crippen molar-refractivity contribution in [1.29, 1.82) is 0 Å². The van der Waals surface area contributed by atoms with E-state index >= 15 is 0 Å². The lowest BCUT2D eigenvalue weighted by atomic mass is 9.81. The Labute approximate surface area is 125 Å². The van der Waals surface area contributed by atoms with Crippen LogP contribution in [0.15, 0.2) is 30.3 Å². The molecule has 5 heteroatoms. The van der Waals surface area contributed by atoms with Crippen molar-refractivity contribution in [2.24, 2.45) is 17.8 Å². The van der Waals surface area contributed by atoms with E-state index in [0.717, 1.165) is 5.56 Å². The van der Waals surface area contributed by atoms with Crippen molar-refractivity contribution in [1.82, 2.24) is 0 Å². The monoisotopic (exact) mass is 298 g/mol. The van der Waals surface area contributed by atoms with Crippen LogP contribution in [0.25, 0.3) is 0 Å². The van der Waals surface area contributed by atoms with Crippen LogP contribution in [-0.2, 0) is 11.3 Å². The third-order valence-corrected chi connectivity index (χ3v) is 3.83.